The molecule has 0 radical (unpaired) electrons. The molecule has 3 fully saturated rings. The zero-order valence-corrected chi connectivity index (χ0v) is 22.6. The summed E-state index contributed by atoms with van der Waals surface area (Å²) in [5.41, 5.74) is -1.80. The second kappa shape index (κ2) is 11.5. The Morgan fingerprint density at radius 1 is 1.19 bits per heavy atom. The van der Waals surface area contributed by atoms with Gasteiger partial charge in [0.05, 0.1) is 17.4 Å². The van der Waals surface area contributed by atoms with E-state index in [1.807, 2.05) is 18.7 Å². The van der Waals surface area contributed by atoms with E-state index in [-0.39, 0.29) is 30.4 Å². The summed E-state index contributed by atoms with van der Waals surface area (Å²) in [6, 6.07) is -0.777. The molecule has 0 aromatic carbocycles. The van der Waals surface area contributed by atoms with E-state index in [4.69, 9.17) is 4.74 Å². The van der Waals surface area contributed by atoms with Crippen molar-refractivity contribution in [2.45, 2.75) is 89.0 Å². The lowest BCUT2D eigenvalue weighted by atomic mass is 9.66. The molecule has 3 aliphatic heterocycles. The van der Waals surface area contributed by atoms with Gasteiger partial charge in [0.15, 0.2) is 0 Å². The van der Waals surface area contributed by atoms with Crippen LogP contribution in [0.15, 0.2) is 25.3 Å². The Morgan fingerprint density at radius 2 is 1.89 bits per heavy atom. The fourth-order valence-corrected chi connectivity index (χ4v) is 6.77. The van der Waals surface area contributed by atoms with Crippen LogP contribution in [0.3, 0.4) is 0 Å². The average Bonchev–Trinajstić information content (AvgIpc) is 3.40. The Balaban J connectivity index is 2.04. The normalized spacial score (nSPS) is 31.3. The molecular formula is C28H45N3O5. The van der Waals surface area contributed by atoms with Gasteiger partial charge in [0.1, 0.15) is 11.6 Å². The Kier molecular flexibility index (Phi) is 9.04. The number of nitrogens with zero attached hydrogens (tertiary/aromatic N) is 3. The van der Waals surface area contributed by atoms with Gasteiger partial charge in [-0.2, -0.15) is 0 Å². The number of hydrogen-bond donors (Lipinski definition) is 1. The van der Waals surface area contributed by atoms with Crippen molar-refractivity contribution in [2.24, 2.45) is 11.8 Å². The number of amides is 3. The first-order valence-corrected chi connectivity index (χ1v) is 13.5. The van der Waals surface area contributed by atoms with E-state index in [1.165, 1.54) is 0 Å². The van der Waals surface area contributed by atoms with E-state index < -0.39 is 29.1 Å². The maximum atomic E-state index is 14.3. The molecule has 3 amide bonds. The van der Waals surface area contributed by atoms with E-state index in [2.05, 4.69) is 20.1 Å². The molecule has 0 aromatic rings. The molecule has 202 valence electrons. The van der Waals surface area contributed by atoms with Crippen LogP contribution in [0.4, 0.5) is 0 Å². The Bertz CT molecular complexity index is 862. The standard InChI is InChI=1S/C28H45N3O5/c1-7-13-20(4)30(17-9-3)26(35)23-28-15-14-27(5,36-28)21(24(33)29(6)16-8-2)22(28)25(34)31(23)18-11-10-12-19-32/h8-9,20-23,32H,2-3,7,10-19H2,1,4-6H3/t20?,21-,22+,23?,27+,28?/m1/s1. The highest BCUT2D eigenvalue weighted by Gasteiger charge is 2.78. The summed E-state index contributed by atoms with van der Waals surface area (Å²) in [5, 5.41) is 9.21. The molecule has 3 saturated heterocycles. The van der Waals surface area contributed by atoms with Gasteiger partial charge in [-0.25, -0.2) is 0 Å². The average molecular weight is 504 g/mol. The lowest BCUT2D eigenvalue weighted by molar-refractivity contribution is -0.154. The topological polar surface area (TPSA) is 90.4 Å². The van der Waals surface area contributed by atoms with Gasteiger partial charge in [0.25, 0.3) is 0 Å². The van der Waals surface area contributed by atoms with E-state index in [0.717, 1.165) is 19.3 Å². The van der Waals surface area contributed by atoms with Crippen LogP contribution < -0.4 is 0 Å². The van der Waals surface area contributed by atoms with Crippen molar-refractivity contribution in [3.63, 3.8) is 0 Å². The monoisotopic (exact) mass is 503 g/mol. The fraction of sp³-hybridized carbons (Fsp3) is 0.750. The molecule has 3 aliphatic rings. The Hall–Kier alpha value is -2.19. The van der Waals surface area contributed by atoms with E-state index in [1.54, 1.807) is 29.0 Å². The highest BCUT2D eigenvalue weighted by molar-refractivity contribution is 5.99. The molecule has 8 nitrogen and oxygen atoms in total. The third-order valence-electron chi connectivity index (χ3n) is 8.46. The van der Waals surface area contributed by atoms with Crippen LogP contribution in [-0.2, 0) is 19.1 Å². The summed E-state index contributed by atoms with van der Waals surface area (Å²) in [7, 11) is 1.72. The minimum absolute atomic E-state index is 0.00682. The smallest absolute Gasteiger partial charge is 0.248 e. The van der Waals surface area contributed by atoms with Crippen molar-refractivity contribution >= 4 is 17.7 Å². The van der Waals surface area contributed by atoms with Crippen LogP contribution in [0, 0.1) is 11.8 Å². The van der Waals surface area contributed by atoms with Gasteiger partial charge in [-0.1, -0.05) is 25.5 Å². The van der Waals surface area contributed by atoms with Crippen LogP contribution in [0.5, 0.6) is 0 Å². The highest BCUT2D eigenvalue weighted by atomic mass is 16.5. The lowest BCUT2D eigenvalue weighted by Crippen LogP contribution is -2.58. The molecular weight excluding hydrogens is 458 g/mol. The molecule has 0 saturated carbocycles. The van der Waals surface area contributed by atoms with Gasteiger partial charge in [0.2, 0.25) is 17.7 Å². The molecule has 2 bridgehead atoms. The van der Waals surface area contributed by atoms with Crippen molar-refractivity contribution in [3.05, 3.63) is 25.3 Å². The number of carbonyl (C=O) groups excluding carboxylic acids is 3. The largest absolute Gasteiger partial charge is 0.396 e. The number of carbonyl (C=O) groups is 3. The molecule has 0 aromatic heterocycles. The van der Waals surface area contributed by atoms with Gasteiger partial charge >= 0.3 is 0 Å². The number of aliphatic hydroxyl groups is 1. The van der Waals surface area contributed by atoms with Crippen molar-refractivity contribution in [2.75, 3.05) is 33.3 Å². The number of hydrogen-bond acceptors (Lipinski definition) is 5. The Morgan fingerprint density at radius 3 is 2.50 bits per heavy atom. The molecule has 0 aliphatic carbocycles. The first-order chi connectivity index (χ1) is 17.1. The number of fused-ring (bicyclic) bond motifs is 1. The number of rotatable bonds is 14. The van der Waals surface area contributed by atoms with Gasteiger partial charge in [0, 0.05) is 39.3 Å². The molecule has 1 N–H and O–H groups in total. The van der Waals surface area contributed by atoms with E-state index in [0.29, 0.717) is 45.3 Å². The second-order valence-electron chi connectivity index (χ2n) is 11.0. The molecule has 36 heavy (non-hydrogen) atoms. The molecule has 8 heteroatoms. The quantitative estimate of drug-likeness (QED) is 0.291. The summed E-state index contributed by atoms with van der Waals surface area (Å²) >= 11 is 0. The van der Waals surface area contributed by atoms with Gasteiger partial charge in [-0.05, 0) is 52.4 Å². The van der Waals surface area contributed by atoms with Crippen LogP contribution >= 0.6 is 0 Å². The van der Waals surface area contributed by atoms with Gasteiger partial charge in [-0.15, -0.1) is 13.2 Å². The number of likely N-dealkylation sites (N-methyl/N-ethyl adjacent to an activating group) is 1. The highest BCUT2D eigenvalue weighted by Crippen LogP contribution is 2.63. The maximum Gasteiger partial charge on any atom is 0.248 e. The molecule has 3 unspecified atom stereocenters. The van der Waals surface area contributed by atoms with Gasteiger partial charge < -0.3 is 24.5 Å². The minimum Gasteiger partial charge on any atom is -0.396 e. The zero-order chi connectivity index (χ0) is 26.7. The number of unbranched alkanes of at least 4 members (excludes halogenated alkanes) is 2. The molecule has 6 atom stereocenters. The number of ether oxygens (including phenoxy) is 1. The van der Waals surface area contributed by atoms with Crippen molar-refractivity contribution in [1.29, 1.82) is 0 Å². The summed E-state index contributed by atoms with van der Waals surface area (Å²) in [5.74, 6) is -1.73. The summed E-state index contributed by atoms with van der Waals surface area (Å²) in [4.78, 5) is 47.1. The Labute approximate surface area is 216 Å². The lowest BCUT2D eigenvalue weighted by Gasteiger charge is -2.39. The molecule has 3 heterocycles. The first-order valence-electron chi connectivity index (χ1n) is 13.5. The third kappa shape index (κ3) is 4.74. The molecule has 3 rings (SSSR count). The van der Waals surface area contributed by atoms with Crippen LogP contribution in [0.1, 0.15) is 65.7 Å². The summed E-state index contributed by atoms with van der Waals surface area (Å²) < 4.78 is 6.71. The predicted molar refractivity (Wildman–Crippen MR) is 139 cm³/mol. The van der Waals surface area contributed by atoms with Gasteiger partial charge in [-0.3, -0.25) is 14.4 Å². The summed E-state index contributed by atoms with van der Waals surface area (Å²) in [6.45, 7) is 14.9. The first kappa shape index (κ1) is 28.4. The minimum atomic E-state index is -1.01. The SMILES string of the molecule is C=CCN(C)C(=O)[C@H]1[C@H]2C(=O)N(CCCCCO)C(C(=O)N(CC=C)C(C)CCC)C23CC[C@]1(C)O3. The number of likely N-dealkylation sites (tertiary alicyclic amines) is 1. The second-order valence-corrected chi connectivity index (χ2v) is 11.0. The van der Waals surface area contributed by atoms with Crippen molar-refractivity contribution in [1.82, 2.24) is 14.7 Å². The molecule has 1 spiro atoms. The van der Waals surface area contributed by atoms with Crippen LogP contribution in [0.25, 0.3) is 0 Å². The van der Waals surface area contributed by atoms with E-state index >= 15 is 0 Å². The summed E-state index contributed by atoms with van der Waals surface area (Å²) in [6.07, 6.45) is 8.46. The van der Waals surface area contributed by atoms with Crippen LogP contribution in [0.2, 0.25) is 0 Å². The number of aliphatic hydroxyl groups excluding tert-OH is 1. The van der Waals surface area contributed by atoms with Crippen molar-refractivity contribution < 1.29 is 24.2 Å². The maximum absolute atomic E-state index is 14.3. The third-order valence-corrected chi connectivity index (χ3v) is 8.46. The fourth-order valence-electron chi connectivity index (χ4n) is 6.77. The predicted octanol–water partition coefficient (Wildman–Crippen LogP) is 2.76. The van der Waals surface area contributed by atoms with Crippen LogP contribution in [-0.4, -0.2) is 94.1 Å². The van der Waals surface area contributed by atoms with E-state index in [9.17, 15) is 19.5 Å². The zero-order valence-electron chi connectivity index (χ0n) is 22.6. The van der Waals surface area contributed by atoms with Crippen molar-refractivity contribution in [3.8, 4) is 0 Å².